The maximum atomic E-state index is 2.70. The minimum atomic E-state index is -1.12. The Balaban J connectivity index is 6.37. The fraction of sp³-hybridized carbons (Fsp3) is 1.00. The lowest BCUT2D eigenvalue weighted by atomic mass is 9.54. The number of hydrogen-bond donors (Lipinski definition) is 0. The molecule has 0 atom stereocenters. The summed E-state index contributed by atoms with van der Waals surface area (Å²) in [5.41, 5.74) is -0.134. The highest BCUT2D eigenvalue weighted by atomic mass is 29.9. The van der Waals surface area contributed by atoms with Crippen LogP contribution in [0.1, 0.15) is 0 Å². The first-order valence-corrected chi connectivity index (χ1v) is 22.8. The Labute approximate surface area is 114 Å². The summed E-state index contributed by atoms with van der Waals surface area (Å²) in [4.78, 5) is 0. The predicted molar refractivity (Wildman–Crippen MR) is 99.1 cm³/mol. The van der Waals surface area contributed by atoms with Gasteiger partial charge in [0.25, 0.3) is 0 Å². The van der Waals surface area contributed by atoms with Crippen molar-refractivity contribution in [3.63, 3.8) is 0 Å². The first-order chi connectivity index (χ1) is 7.00. The Morgan fingerprint density at radius 1 is 0.471 bits per heavy atom. The summed E-state index contributed by atoms with van der Waals surface area (Å²) in [6, 6.07) is 0. The molecule has 0 rings (SSSR count). The van der Waals surface area contributed by atoms with Gasteiger partial charge in [0, 0.05) is 0 Å². The monoisotopic (exact) mass is 303 g/mol. The van der Waals surface area contributed by atoms with Crippen molar-refractivity contribution in [2.24, 2.45) is 0 Å². The van der Waals surface area contributed by atoms with E-state index in [0.29, 0.717) is 0 Å². The highest BCUT2D eigenvalue weighted by Crippen LogP contribution is 2.42. The lowest BCUT2D eigenvalue weighted by molar-refractivity contribution is 1.72. The third-order valence-corrected chi connectivity index (χ3v) is 84.1. The van der Waals surface area contributed by atoms with Crippen molar-refractivity contribution >= 4 is 35.0 Å². The molecule has 104 valence electrons. The summed E-state index contributed by atoms with van der Waals surface area (Å²) in [5, 5.41) is 0. The van der Waals surface area contributed by atoms with Gasteiger partial charge in [-0.1, -0.05) is 65.4 Å². The molecule has 0 radical (unpaired) electrons. The Hall–Kier alpha value is 0.932. The van der Waals surface area contributed by atoms with Gasteiger partial charge in [0.2, 0.25) is 0 Å². The van der Waals surface area contributed by atoms with E-state index in [0.717, 1.165) is 0 Å². The van der Waals surface area contributed by atoms with E-state index in [1.807, 2.05) is 0 Å². The highest BCUT2D eigenvalue weighted by Gasteiger charge is 2.60. The largest absolute Gasteiger partial charge is 0.192 e. The van der Waals surface area contributed by atoms with E-state index in [1.165, 1.54) is 0 Å². The molecule has 0 saturated heterocycles. The van der Waals surface area contributed by atoms with Gasteiger partial charge in [-0.15, -0.1) is 0 Å². The minimum absolute atomic E-state index is 0.134. The molecule has 0 fully saturated rings. The summed E-state index contributed by atoms with van der Waals surface area (Å²) >= 11 is 0. The van der Waals surface area contributed by atoms with E-state index in [2.05, 4.69) is 79.4 Å². The van der Waals surface area contributed by atoms with E-state index in [-0.39, 0.29) is 5.74 Å². The van der Waals surface area contributed by atoms with Crippen LogP contribution in [-0.2, 0) is 0 Å². The summed E-state index contributed by atoms with van der Waals surface area (Å²) in [7, 11) is -3.16. The van der Waals surface area contributed by atoms with Crippen molar-refractivity contribution in [1.29, 1.82) is 0 Å². The van der Waals surface area contributed by atoms with Crippen molar-refractivity contribution < 1.29 is 0 Å². The Morgan fingerprint density at radius 2 is 0.647 bits per heavy atom. The maximum Gasteiger partial charge on any atom is -0.000459 e. The average Bonchev–Trinajstić information content (AvgIpc) is 1.67. The molecule has 0 N–H and O–H groups in total. The molecule has 0 aliphatic carbocycles. The molecule has 0 heterocycles. The molecule has 0 saturated carbocycles. The Morgan fingerprint density at radius 3 is 0.647 bits per heavy atom. The van der Waals surface area contributed by atoms with Crippen LogP contribution in [0, 0.1) is 0 Å². The molecule has 0 aliphatic rings. The SMILES string of the molecule is C[B-](C)(C)[Si]([Si](C)(C)C)([Si](C)(C)C)[Si](C)(C)C. The molecule has 0 aliphatic heterocycles. The van der Waals surface area contributed by atoms with E-state index in [9.17, 15) is 0 Å². The zero-order valence-corrected chi connectivity index (χ0v) is 18.6. The molecule has 0 aromatic rings. The fourth-order valence-electron chi connectivity index (χ4n) is 7.27. The van der Waals surface area contributed by atoms with E-state index in [1.54, 1.807) is 0 Å². The lowest BCUT2D eigenvalue weighted by Crippen LogP contribution is -2.91. The van der Waals surface area contributed by atoms with Gasteiger partial charge in [0.05, 0.1) is 0 Å². The van der Waals surface area contributed by atoms with Crippen molar-refractivity contribution in [2.45, 2.75) is 79.4 Å². The predicted octanol–water partition coefficient (Wildman–Crippen LogP) is 5.10. The normalized spacial score (nSPS) is 16.2. The molecule has 0 aromatic heterocycles. The van der Waals surface area contributed by atoms with Crippen LogP contribution in [0.3, 0.4) is 0 Å². The van der Waals surface area contributed by atoms with Crippen molar-refractivity contribution in [1.82, 2.24) is 0 Å². The second kappa shape index (κ2) is 4.49. The standard InChI is InChI=1S/C12H36BSi4/c1-13(2,3)17(14(4,5)6,15(7,8)9)16(10,11)12/h1-12H3/q-1. The van der Waals surface area contributed by atoms with E-state index in [4.69, 9.17) is 0 Å². The Bertz CT molecular complexity index is 211. The topological polar surface area (TPSA) is 0 Å². The minimum Gasteiger partial charge on any atom is -0.192 e. The van der Waals surface area contributed by atoms with Crippen LogP contribution in [-0.4, -0.2) is 35.0 Å². The number of rotatable bonds is 4. The number of hydrogen-bond acceptors (Lipinski definition) is 0. The molecular formula is C12H36BSi4-. The van der Waals surface area contributed by atoms with Gasteiger partial charge < -0.3 is 0 Å². The van der Waals surface area contributed by atoms with Crippen LogP contribution in [0.25, 0.3) is 0 Å². The van der Waals surface area contributed by atoms with Crippen LogP contribution in [0.5, 0.6) is 0 Å². The third-order valence-electron chi connectivity index (χ3n) is 4.85. The molecule has 0 spiro atoms. The first kappa shape index (κ1) is 17.9. The second-order valence-electron chi connectivity index (χ2n) is 10.2. The van der Waals surface area contributed by atoms with Crippen molar-refractivity contribution in [3.05, 3.63) is 0 Å². The highest BCUT2D eigenvalue weighted by molar-refractivity contribution is 8.06. The molecule has 17 heavy (non-hydrogen) atoms. The van der Waals surface area contributed by atoms with Gasteiger partial charge in [0.1, 0.15) is 0 Å². The van der Waals surface area contributed by atoms with Gasteiger partial charge in [-0.2, -0.15) is 20.5 Å². The van der Waals surface area contributed by atoms with Crippen LogP contribution < -0.4 is 0 Å². The van der Waals surface area contributed by atoms with Crippen LogP contribution in [0.15, 0.2) is 0 Å². The van der Waals surface area contributed by atoms with Crippen molar-refractivity contribution in [2.75, 3.05) is 0 Å². The van der Waals surface area contributed by atoms with Gasteiger partial charge in [-0.25, -0.2) is 0 Å². The lowest BCUT2D eigenvalue weighted by Gasteiger charge is -2.70. The third kappa shape index (κ3) is 2.77. The van der Waals surface area contributed by atoms with Crippen LogP contribution in [0.2, 0.25) is 79.4 Å². The summed E-state index contributed by atoms with van der Waals surface area (Å²) in [6.07, 6.45) is 0. The molecule has 0 aromatic carbocycles. The van der Waals surface area contributed by atoms with Crippen LogP contribution in [0.4, 0.5) is 0 Å². The van der Waals surface area contributed by atoms with E-state index < -0.39 is 29.3 Å². The molecule has 5 heteroatoms. The van der Waals surface area contributed by atoms with Gasteiger partial charge in [-0.05, 0) is 28.5 Å². The van der Waals surface area contributed by atoms with E-state index >= 15 is 0 Å². The molecule has 0 bridgehead atoms. The summed E-state index contributed by atoms with van der Waals surface area (Å²) in [6.45, 7) is 31.1. The van der Waals surface area contributed by atoms with Gasteiger partial charge in [0.15, 0.2) is 0 Å². The second-order valence-corrected chi connectivity index (χ2v) is 52.1. The zero-order valence-electron chi connectivity index (χ0n) is 14.6. The molecular weight excluding hydrogens is 267 g/mol. The Kier molecular flexibility index (Phi) is 4.74. The fourth-order valence-corrected chi connectivity index (χ4v) is 126. The molecule has 0 amide bonds. The molecule has 0 nitrogen and oxygen atoms in total. The quantitative estimate of drug-likeness (QED) is 0.634. The maximum absolute atomic E-state index is 2.70. The van der Waals surface area contributed by atoms with Gasteiger partial charge in [-0.3, -0.25) is 0 Å². The molecule has 0 unspecified atom stereocenters. The van der Waals surface area contributed by atoms with Crippen LogP contribution >= 0.6 is 0 Å². The van der Waals surface area contributed by atoms with Gasteiger partial charge >= 0.3 is 0 Å². The summed E-state index contributed by atoms with van der Waals surface area (Å²) < 4.78 is 0. The summed E-state index contributed by atoms with van der Waals surface area (Å²) in [5.74, 6) is 0. The first-order valence-electron chi connectivity index (χ1n) is 7.27. The average molecular weight is 304 g/mol. The smallest absolute Gasteiger partial charge is 0.000459 e. The zero-order chi connectivity index (χ0) is 14.5. The van der Waals surface area contributed by atoms with Crippen molar-refractivity contribution in [3.8, 4) is 0 Å².